The van der Waals surface area contributed by atoms with Crippen molar-refractivity contribution in [3.63, 3.8) is 0 Å². The molecular weight excluding hydrogens is 338 g/mol. The van der Waals surface area contributed by atoms with E-state index >= 15 is 0 Å². The topological polar surface area (TPSA) is 65.7 Å². The summed E-state index contributed by atoms with van der Waals surface area (Å²) in [4.78, 5) is 6.76. The minimum atomic E-state index is 0.365. The number of guanidine groups is 1. The summed E-state index contributed by atoms with van der Waals surface area (Å²) < 4.78 is 5.44. The molecule has 148 valence electrons. The van der Waals surface area contributed by atoms with Crippen molar-refractivity contribution in [3.05, 3.63) is 42.1 Å². The molecular formula is C21H33N5O. The van der Waals surface area contributed by atoms with Crippen LogP contribution in [0.4, 0.5) is 0 Å². The summed E-state index contributed by atoms with van der Waals surface area (Å²) in [6.45, 7) is 10.6. The lowest BCUT2D eigenvalue weighted by atomic mass is 10.1. The number of aliphatic imine (C=N–C) groups is 1. The second kappa shape index (κ2) is 11.4. The molecule has 1 aromatic heterocycles. The van der Waals surface area contributed by atoms with Crippen molar-refractivity contribution in [2.24, 2.45) is 4.99 Å². The number of benzene rings is 1. The Balaban J connectivity index is 1.76. The zero-order valence-corrected chi connectivity index (χ0v) is 17.0. The van der Waals surface area contributed by atoms with Gasteiger partial charge in [-0.1, -0.05) is 49.3 Å². The lowest BCUT2D eigenvalue weighted by Gasteiger charge is -2.21. The summed E-state index contributed by atoms with van der Waals surface area (Å²) in [6, 6.07) is 12.3. The van der Waals surface area contributed by atoms with Crippen molar-refractivity contribution >= 4 is 5.96 Å². The third-order valence-corrected chi connectivity index (χ3v) is 4.67. The van der Waals surface area contributed by atoms with Crippen molar-refractivity contribution in [2.75, 3.05) is 26.7 Å². The van der Waals surface area contributed by atoms with Gasteiger partial charge in [-0.2, -0.15) is 0 Å². The molecule has 0 saturated carbocycles. The number of aromatic nitrogens is 1. The second-order valence-corrected chi connectivity index (χ2v) is 6.69. The van der Waals surface area contributed by atoms with Crippen LogP contribution >= 0.6 is 0 Å². The molecule has 0 aliphatic rings. The molecule has 2 N–H and O–H groups in total. The summed E-state index contributed by atoms with van der Waals surface area (Å²) >= 11 is 0. The molecule has 1 aromatic carbocycles. The maximum atomic E-state index is 5.44. The molecule has 1 heterocycles. The molecule has 2 rings (SSSR count). The average Bonchev–Trinajstić information content (AvgIpc) is 3.18. The first-order chi connectivity index (χ1) is 13.2. The van der Waals surface area contributed by atoms with Gasteiger partial charge in [0.25, 0.3) is 0 Å². The SMILES string of the molecule is CCN(CC)CCCC(C)NC(=NC)NCc1cc(-c2ccccc2)on1. The summed E-state index contributed by atoms with van der Waals surface area (Å²) in [5, 5.41) is 10.9. The third kappa shape index (κ3) is 7.06. The maximum absolute atomic E-state index is 5.44. The highest BCUT2D eigenvalue weighted by atomic mass is 16.5. The Morgan fingerprint density at radius 1 is 1.22 bits per heavy atom. The van der Waals surface area contributed by atoms with Gasteiger partial charge in [0.05, 0.1) is 6.54 Å². The summed E-state index contributed by atoms with van der Waals surface area (Å²) in [5.41, 5.74) is 1.88. The zero-order chi connectivity index (χ0) is 19.5. The fourth-order valence-electron chi connectivity index (χ4n) is 2.97. The lowest BCUT2D eigenvalue weighted by Crippen LogP contribution is -2.42. The van der Waals surface area contributed by atoms with Gasteiger partial charge in [0.1, 0.15) is 5.69 Å². The fraction of sp³-hybridized carbons (Fsp3) is 0.524. The van der Waals surface area contributed by atoms with Gasteiger partial charge < -0.3 is 20.1 Å². The highest BCUT2D eigenvalue weighted by Gasteiger charge is 2.09. The van der Waals surface area contributed by atoms with E-state index in [-0.39, 0.29) is 0 Å². The Morgan fingerprint density at radius 2 is 1.96 bits per heavy atom. The average molecular weight is 372 g/mol. The molecule has 1 atom stereocenters. The van der Waals surface area contributed by atoms with E-state index in [0.717, 1.165) is 49.0 Å². The molecule has 0 aliphatic carbocycles. The van der Waals surface area contributed by atoms with E-state index in [2.05, 4.69) is 46.5 Å². The smallest absolute Gasteiger partial charge is 0.191 e. The summed E-state index contributed by atoms with van der Waals surface area (Å²) in [7, 11) is 1.79. The number of nitrogens with zero attached hydrogens (tertiary/aromatic N) is 3. The number of hydrogen-bond donors (Lipinski definition) is 2. The van der Waals surface area contributed by atoms with Gasteiger partial charge in [0, 0.05) is 24.7 Å². The predicted octanol–water partition coefficient (Wildman–Crippen LogP) is 3.52. The molecule has 0 radical (unpaired) electrons. The van der Waals surface area contributed by atoms with Crippen LogP contribution in [0.15, 0.2) is 45.9 Å². The molecule has 0 saturated heterocycles. The monoisotopic (exact) mass is 371 g/mol. The Kier molecular flexibility index (Phi) is 8.84. The molecule has 0 amide bonds. The fourth-order valence-corrected chi connectivity index (χ4v) is 2.97. The van der Waals surface area contributed by atoms with E-state index in [9.17, 15) is 0 Å². The molecule has 0 bridgehead atoms. The Bertz CT molecular complexity index is 679. The van der Waals surface area contributed by atoms with Gasteiger partial charge in [-0.15, -0.1) is 0 Å². The third-order valence-electron chi connectivity index (χ3n) is 4.67. The minimum absolute atomic E-state index is 0.365. The van der Waals surface area contributed by atoms with E-state index in [4.69, 9.17) is 4.52 Å². The molecule has 6 heteroatoms. The van der Waals surface area contributed by atoms with Crippen molar-refractivity contribution < 1.29 is 4.52 Å². The Hall–Kier alpha value is -2.34. The highest BCUT2D eigenvalue weighted by molar-refractivity contribution is 5.79. The van der Waals surface area contributed by atoms with Crippen molar-refractivity contribution in [1.82, 2.24) is 20.7 Å². The van der Waals surface area contributed by atoms with Crippen LogP contribution in [0.2, 0.25) is 0 Å². The molecule has 0 fully saturated rings. The number of rotatable bonds is 10. The van der Waals surface area contributed by atoms with Gasteiger partial charge in [-0.25, -0.2) is 0 Å². The second-order valence-electron chi connectivity index (χ2n) is 6.69. The Morgan fingerprint density at radius 3 is 2.63 bits per heavy atom. The largest absolute Gasteiger partial charge is 0.356 e. The highest BCUT2D eigenvalue weighted by Crippen LogP contribution is 2.19. The van der Waals surface area contributed by atoms with Gasteiger partial charge >= 0.3 is 0 Å². The molecule has 1 unspecified atom stereocenters. The molecule has 2 aromatic rings. The summed E-state index contributed by atoms with van der Waals surface area (Å²) in [6.07, 6.45) is 2.29. The minimum Gasteiger partial charge on any atom is -0.356 e. The van der Waals surface area contributed by atoms with Gasteiger partial charge in [-0.3, -0.25) is 4.99 Å². The first-order valence-electron chi connectivity index (χ1n) is 9.86. The number of hydrogen-bond acceptors (Lipinski definition) is 4. The van der Waals surface area contributed by atoms with Gasteiger partial charge in [-0.05, 0) is 39.4 Å². The van der Waals surface area contributed by atoms with Gasteiger partial charge in [0.15, 0.2) is 11.7 Å². The van der Waals surface area contributed by atoms with Crippen LogP contribution in [-0.2, 0) is 6.54 Å². The van der Waals surface area contributed by atoms with E-state index < -0.39 is 0 Å². The maximum Gasteiger partial charge on any atom is 0.191 e. The first-order valence-corrected chi connectivity index (χ1v) is 9.86. The molecule has 0 aliphatic heterocycles. The van der Waals surface area contributed by atoms with Crippen molar-refractivity contribution in [2.45, 2.75) is 46.2 Å². The van der Waals surface area contributed by atoms with E-state index in [0.29, 0.717) is 12.6 Å². The van der Waals surface area contributed by atoms with Crippen LogP contribution in [0.25, 0.3) is 11.3 Å². The summed E-state index contributed by atoms with van der Waals surface area (Å²) in [5.74, 6) is 1.56. The van der Waals surface area contributed by atoms with Crippen LogP contribution in [0.1, 0.15) is 39.3 Å². The van der Waals surface area contributed by atoms with Crippen LogP contribution in [-0.4, -0.2) is 48.7 Å². The van der Waals surface area contributed by atoms with Crippen LogP contribution in [0.3, 0.4) is 0 Å². The molecule has 27 heavy (non-hydrogen) atoms. The Labute approximate surface area is 163 Å². The van der Waals surface area contributed by atoms with E-state index in [1.165, 1.54) is 6.42 Å². The van der Waals surface area contributed by atoms with Crippen LogP contribution in [0.5, 0.6) is 0 Å². The molecule has 6 nitrogen and oxygen atoms in total. The number of nitrogens with one attached hydrogen (secondary N) is 2. The first kappa shape index (κ1) is 21.0. The van der Waals surface area contributed by atoms with Crippen molar-refractivity contribution in [1.29, 1.82) is 0 Å². The van der Waals surface area contributed by atoms with Crippen LogP contribution < -0.4 is 10.6 Å². The van der Waals surface area contributed by atoms with E-state index in [1.807, 2.05) is 36.4 Å². The van der Waals surface area contributed by atoms with E-state index in [1.54, 1.807) is 7.05 Å². The van der Waals surface area contributed by atoms with Crippen LogP contribution in [0, 0.1) is 0 Å². The normalized spacial score (nSPS) is 13.0. The zero-order valence-electron chi connectivity index (χ0n) is 17.0. The van der Waals surface area contributed by atoms with Crippen molar-refractivity contribution in [3.8, 4) is 11.3 Å². The standard InChI is InChI=1S/C21H33N5O/c1-5-26(6-2)14-10-11-17(3)24-21(22-4)23-16-19-15-20(27-25-19)18-12-8-7-9-13-18/h7-9,12-13,15,17H,5-6,10-11,14,16H2,1-4H3,(H2,22,23,24). The molecule has 0 spiro atoms. The predicted molar refractivity (Wildman–Crippen MR) is 112 cm³/mol. The quantitative estimate of drug-likeness (QED) is 0.494. The van der Waals surface area contributed by atoms with Gasteiger partial charge in [0.2, 0.25) is 0 Å². The lowest BCUT2D eigenvalue weighted by molar-refractivity contribution is 0.292.